The highest BCUT2D eigenvalue weighted by Crippen LogP contribution is 2.15. The SMILES string of the molecule is Cc1cc(CNC(=O)c2cc(C(=O)NCc3ccc4oc(=O)n(C)c4c3)n3cncc3n2)ccc1C(=O)O. The number of benzene rings is 2. The number of rotatable bonds is 7. The number of carbonyl (C=O) groups excluding carboxylic acids is 2. The molecule has 0 fully saturated rings. The van der Waals surface area contributed by atoms with Gasteiger partial charge in [0.1, 0.15) is 17.7 Å². The number of aromatic carboxylic acids is 1. The fourth-order valence-corrected chi connectivity index (χ4v) is 4.11. The molecule has 12 nitrogen and oxygen atoms in total. The first-order valence-electron chi connectivity index (χ1n) is 11.5. The van der Waals surface area contributed by atoms with Gasteiger partial charge in [0, 0.05) is 20.1 Å². The molecule has 0 saturated heterocycles. The summed E-state index contributed by atoms with van der Waals surface area (Å²) >= 11 is 0. The Kier molecular flexibility index (Phi) is 6.21. The molecule has 0 aliphatic heterocycles. The van der Waals surface area contributed by atoms with E-state index in [1.54, 1.807) is 44.3 Å². The number of carboxylic acids is 1. The molecule has 0 aliphatic rings. The average Bonchev–Trinajstić information content (AvgIpc) is 3.49. The van der Waals surface area contributed by atoms with E-state index in [-0.39, 0.29) is 30.0 Å². The number of hydrogen-bond donors (Lipinski definition) is 3. The van der Waals surface area contributed by atoms with Gasteiger partial charge in [-0.25, -0.2) is 19.6 Å². The van der Waals surface area contributed by atoms with Crippen LogP contribution in [0.1, 0.15) is 48.0 Å². The molecule has 38 heavy (non-hydrogen) atoms. The number of nitrogens with zero attached hydrogens (tertiary/aromatic N) is 4. The van der Waals surface area contributed by atoms with Gasteiger partial charge in [-0.05, 0) is 47.9 Å². The van der Waals surface area contributed by atoms with Crippen molar-refractivity contribution < 1.29 is 23.9 Å². The molecule has 0 radical (unpaired) electrons. The Bertz CT molecular complexity index is 1800. The normalized spacial score (nSPS) is 11.1. The number of amides is 2. The molecule has 0 aliphatic carbocycles. The van der Waals surface area contributed by atoms with Crippen molar-refractivity contribution in [2.45, 2.75) is 20.0 Å². The number of carboxylic acid groups (broad SMARTS) is 1. The molecule has 0 atom stereocenters. The zero-order valence-electron chi connectivity index (χ0n) is 20.4. The number of nitrogens with one attached hydrogen (secondary N) is 2. The van der Waals surface area contributed by atoms with E-state index in [0.29, 0.717) is 22.3 Å². The van der Waals surface area contributed by atoms with Crippen LogP contribution in [0, 0.1) is 6.92 Å². The van der Waals surface area contributed by atoms with E-state index in [2.05, 4.69) is 20.6 Å². The lowest BCUT2D eigenvalue weighted by molar-refractivity contribution is 0.0695. The Hall–Kier alpha value is -5.26. The summed E-state index contributed by atoms with van der Waals surface area (Å²) in [5.41, 5.74) is 3.80. The van der Waals surface area contributed by atoms with Gasteiger partial charge in [-0.2, -0.15) is 0 Å². The number of aryl methyl sites for hydroxylation is 2. The van der Waals surface area contributed by atoms with Gasteiger partial charge in [0.15, 0.2) is 11.2 Å². The van der Waals surface area contributed by atoms with E-state index in [0.717, 1.165) is 11.1 Å². The molecule has 0 spiro atoms. The largest absolute Gasteiger partial charge is 0.478 e. The Morgan fingerprint density at radius 3 is 2.45 bits per heavy atom. The highest BCUT2D eigenvalue weighted by atomic mass is 16.4. The Labute approximate surface area is 214 Å². The first-order valence-corrected chi connectivity index (χ1v) is 11.5. The van der Waals surface area contributed by atoms with Gasteiger partial charge >= 0.3 is 11.7 Å². The summed E-state index contributed by atoms with van der Waals surface area (Å²) in [6, 6.07) is 11.3. The minimum Gasteiger partial charge on any atom is -0.478 e. The highest BCUT2D eigenvalue weighted by Gasteiger charge is 2.18. The average molecular weight is 514 g/mol. The third-order valence-electron chi connectivity index (χ3n) is 6.14. The van der Waals surface area contributed by atoms with Crippen molar-refractivity contribution in [1.82, 2.24) is 29.6 Å². The number of imidazole rings is 1. The molecule has 192 valence electrons. The predicted molar refractivity (Wildman–Crippen MR) is 135 cm³/mol. The molecule has 0 bridgehead atoms. The minimum absolute atomic E-state index is 0.0249. The summed E-state index contributed by atoms with van der Waals surface area (Å²) in [5, 5.41) is 14.8. The van der Waals surface area contributed by atoms with Crippen LogP contribution in [-0.2, 0) is 20.1 Å². The maximum absolute atomic E-state index is 13.1. The van der Waals surface area contributed by atoms with Gasteiger partial charge in [-0.15, -0.1) is 0 Å². The lowest BCUT2D eigenvalue weighted by Gasteiger charge is -2.11. The maximum Gasteiger partial charge on any atom is 0.419 e. The number of aromatic nitrogens is 4. The quantitative estimate of drug-likeness (QED) is 0.297. The van der Waals surface area contributed by atoms with Gasteiger partial charge in [0.2, 0.25) is 0 Å². The van der Waals surface area contributed by atoms with E-state index >= 15 is 0 Å². The molecule has 2 amide bonds. The smallest absolute Gasteiger partial charge is 0.419 e. The van der Waals surface area contributed by atoms with Crippen molar-refractivity contribution in [3.8, 4) is 0 Å². The molecular weight excluding hydrogens is 492 g/mol. The van der Waals surface area contributed by atoms with E-state index in [9.17, 15) is 24.3 Å². The summed E-state index contributed by atoms with van der Waals surface area (Å²) < 4.78 is 7.99. The lowest BCUT2D eigenvalue weighted by atomic mass is 10.1. The lowest BCUT2D eigenvalue weighted by Crippen LogP contribution is -2.28. The minimum atomic E-state index is -1.02. The number of carbonyl (C=O) groups is 3. The summed E-state index contributed by atoms with van der Waals surface area (Å²) in [6.07, 6.45) is 2.87. The molecule has 12 heteroatoms. The van der Waals surface area contributed by atoms with Crippen LogP contribution in [0.2, 0.25) is 0 Å². The Morgan fingerprint density at radius 2 is 1.71 bits per heavy atom. The van der Waals surface area contributed by atoms with Crippen molar-refractivity contribution in [3.05, 3.63) is 99.2 Å². The van der Waals surface area contributed by atoms with Gasteiger partial charge in [-0.1, -0.05) is 18.2 Å². The summed E-state index contributed by atoms with van der Waals surface area (Å²) in [6.45, 7) is 2.00. The molecule has 0 saturated carbocycles. The standard InChI is InChI=1S/C26H22N6O6/c1-14-7-15(3-5-17(14)25(35)36)10-28-23(33)18-9-20(32-13-27-12-22(32)30-18)24(34)29-11-16-4-6-21-19(8-16)31(2)26(37)38-21/h3-9,12-13H,10-11H2,1-2H3,(H,28,33)(H,29,34)(H,35,36). The van der Waals surface area contributed by atoms with E-state index in [1.165, 1.54) is 33.6 Å². The van der Waals surface area contributed by atoms with E-state index < -0.39 is 23.5 Å². The Morgan fingerprint density at radius 1 is 1.00 bits per heavy atom. The van der Waals surface area contributed by atoms with Crippen molar-refractivity contribution in [1.29, 1.82) is 0 Å². The zero-order chi connectivity index (χ0) is 27.0. The third kappa shape index (κ3) is 4.62. The first kappa shape index (κ1) is 24.4. The number of hydrogen-bond acceptors (Lipinski definition) is 7. The summed E-state index contributed by atoms with van der Waals surface area (Å²) in [7, 11) is 1.60. The van der Waals surface area contributed by atoms with Crippen molar-refractivity contribution >= 4 is 34.5 Å². The van der Waals surface area contributed by atoms with E-state index in [4.69, 9.17) is 4.42 Å². The maximum atomic E-state index is 13.1. The van der Waals surface area contributed by atoms with Gasteiger partial charge in [0.25, 0.3) is 11.8 Å². The molecule has 3 N–H and O–H groups in total. The summed E-state index contributed by atoms with van der Waals surface area (Å²) in [4.78, 5) is 57.3. The van der Waals surface area contributed by atoms with Crippen LogP contribution in [0.5, 0.6) is 0 Å². The second-order valence-electron chi connectivity index (χ2n) is 8.70. The molecule has 5 rings (SSSR count). The van der Waals surface area contributed by atoms with Gasteiger partial charge in [0.05, 0.1) is 17.3 Å². The molecule has 3 aromatic heterocycles. The van der Waals surface area contributed by atoms with Crippen LogP contribution in [-0.4, -0.2) is 41.8 Å². The molecule has 3 heterocycles. The van der Waals surface area contributed by atoms with Crippen LogP contribution in [0.25, 0.3) is 16.7 Å². The second kappa shape index (κ2) is 9.65. The third-order valence-corrected chi connectivity index (χ3v) is 6.14. The van der Waals surface area contributed by atoms with Crippen LogP contribution >= 0.6 is 0 Å². The van der Waals surface area contributed by atoms with Gasteiger partial charge in [-0.3, -0.25) is 18.6 Å². The summed E-state index contributed by atoms with van der Waals surface area (Å²) in [5.74, 6) is -2.45. The molecule has 2 aromatic carbocycles. The fourth-order valence-electron chi connectivity index (χ4n) is 4.11. The first-order chi connectivity index (χ1) is 18.2. The molecular formula is C26H22N6O6. The predicted octanol–water partition coefficient (Wildman–Crippen LogP) is 2.04. The Balaban J connectivity index is 1.33. The number of fused-ring (bicyclic) bond motifs is 2. The highest BCUT2D eigenvalue weighted by molar-refractivity contribution is 5.98. The topological polar surface area (TPSA) is 161 Å². The van der Waals surface area contributed by atoms with Gasteiger partial charge < -0.3 is 20.2 Å². The van der Waals surface area contributed by atoms with Crippen molar-refractivity contribution in [3.63, 3.8) is 0 Å². The van der Waals surface area contributed by atoms with Crippen LogP contribution in [0.3, 0.4) is 0 Å². The monoisotopic (exact) mass is 514 g/mol. The molecule has 5 aromatic rings. The van der Waals surface area contributed by atoms with Crippen LogP contribution in [0.15, 0.2) is 64.2 Å². The van der Waals surface area contributed by atoms with Crippen molar-refractivity contribution in [2.24, 2.45) is 7.05 Å². The van der Waals surface area contributed by atoms with Crippen LogP contribution in [0.4, 0.5) is 0 Å². The molecule has 0 unspecified atom stereocenters. The van der Waals surface area contributed by atoms with E-state index in [1.807, 2.05) is 0 Å². The fraction of sp³-hybridized carbons (Fsp3) is 0.154. The second-order valence-corrected chi connectivity index (χ2v) is 8.70. The zero-order valence-corrected chi connectivity index (χ0v) is 20.4. The number of oxazole rings is 1. The van der Waals surface area contributed by atoms with Crippen molar-refractivity contribution in [2.75, 3.05) is 0 Å². The van der Waals surface area contributed by atoms with Crippen LogP contribution < -0.4 is 16.4 Å².